The van der Waals surface area contributed by atoms with E-state index >= 15 is 0 Å². The Labute approximate surface area is 116 Å². The fourth-order valence-electron chi connectivity index (χ4n) is 1.81. The van der Waals surface area contributed by atoms with E-state index in [9.17, 15) is 4.79 Å². The van der Waals surface area contributed by atoms with Crippen molar-refractivity contribution in [3.8, 4) is 0 Å². The topological polar surface area (TPSA) is 63.3 Å². The van der Waals surface area contributed by atoms with Gasteiger partial charge in [-0.3, -0.25) is 4.79 Å². The molecule has 3 nitrogen and oxygen atoms in total. The molecule has 0 heterocycles. The number of hydrogen-bond acceptors (Lipinski definition) is 2. The second-order valence-electron chi connectivity index (χ2n) is 4.22. The highest BCUT2D eigenvalue weighted by Gasteiger charge is 2.11. The zero-order chi connectivity index (χ0) is 12.8. The molecule has 4 heteroatoms. The molecule has 0 aromatic heterocycles. The molecule has 0 amide bonds. The monoisotopic (exact) mass is 347 g/mol. The van der Waals surface area contributed by atoms with Crippen LogP contribution >= 0.6 is 22.6 Å². The lowest BCUT2D eigenvalue weighted by Gasteiger charge is -2.13. The first-order chi connectivity index (χ1) is 8.00. The molecule has 0 fully saturated rings. The van der Waals surface area contributed by atoms with E-state index in [1.807, 2.05) is 25.1 Å². The van der Waals surface area contributed by atoms with Crippen molar-refractivity contribution in [2.75, 3.05) is 0 Å². The van der Waals surface area contributed by atoms with E-state index in [1.165, 1.54) is 5.56 Å². The van der Waals surface area contributed by atoms with Crippen molar-refractivity contribution in [1.82, 2.24) is 0 Å². The van der Waals surface area contributed by atoms with Crippen LogP contribution in [0, 0.1) is 0 Å². The van der Waals surface area contributed by atoms with Crippen LogP contribution in [0.5, 0.6) is 0 Å². The predicted octanol–water partition coefficient (Wildman–Crippen LogP) is 2.92. The van der Waals surface area contributed by atoms with Gasteiger partial charge in [0.1, 0.15) is 0 Å². The molecule has 0 aliphatic carbocycles. The zero-order valence-corrected chi connectivity index (χ0v) is 12.1. The molecule has 0 aliphatic rings. The highest BCUT2D eigenvalue weighted by atomic mass is 127. The number of rotatable bonds is 6. The Kier molecular flexibility index (Phi) is 5.91. The molecule has 2 unspecified atom stereocenters. The summed E-state index contributed by atoms with van der Waals surface area (Å²) in [6.45, 7) is 1.97. The molecule has 1 aromatic carbocycles. The first-order valence-electron chi connectivity index (χ1n) is 5.70. The molecule has 1 rings (SSSR count). The molecule has 1 aromatic rings. The lowest BCUT2D eigenvalue weighted by molar-refractivity contribution is -0.136. The van der Waals surface area contributed by atoms with Crippen molar-refractivity contribution in [1.29, 1.82) is 0 Å². The Hall–Kier alpha value is -0.620. The molecule has 0 radical (unpaired) electrons. The van der Waals surface area contributed by atoms with Gasteiger partial charge in [-0.2, -0.15) is 0 Å². The lowest BCUT2D eigenvalue weighted by Crippen LogP contribution is -2.11. The molecule has 2 atom stereocenters. The molecule has 0 spiro atoms. The van der Waals surface area contributed by atoms with Crippen molar-refractivity contribution in [2.24, 2.45) is 5.73 Å². The van der Waals surface area contributed by atoms with Gasteiger partial charge in [-0.1, -0.05) is 46.9 Å². The number of alkyl halides is 1. The van der Waals surface area contributed by atoms with Gasteiger partial charge in [0.25, 0.3) is 0 Å². The summed E-state index contributed by atoms with van der Waals surface area (Å²) < 4.78 is 0.172. The van der Waals surface area contributed by atoms with Crippen LogP contribution in [0.25, 0.3) is 0 Å². The summed E-state index contributed by atoms with van der Waals surface area (Å²) in [5, 5.41) is 8.70. The highest BCUT2D eigenvalue weighted by Crippen LogP contribution is 2.20. The number of carbonyl (C=O) groups is 1. The SMILES string of the molecule is CC(N)c1ccccc1CCC(I)CC(=O)O. The number of aliphatic carboxylic acids is 1. The van der Waals surface area contributed by atoms with Crippen LogP contribution < -0.4 is 5.73 Å². The van der Waals surface area contributed by atoms with E-state index in [4.69, 9.17) is 10.8 Å². The molecule has 0 bridgehead atoms. The minimum absolute atomic E-state index is 0.0262. The lowest BCUT2D eigenvalue weighted by atomic mass is 9.97. The van der Waals surface area contributed by atoms with E-state index < -0.39 is 5.97 Å². The van der Waals surface area contributed by atoms with Crippen molar-refractivity contribution in [3.05, 3.63) is 35.4 Å². The summed E-state index contributed by atoms with van der Waals surface area (Å²) in [6.07, 6.45) is 1.98. The second-order valence-corrected chi connectivity index (χ2v) is 5.98. The maximum absolute atomic E-state index is 10.6. The molecule has 17 heavy (non-hydrogen) atoms. The van der Waals surface area contributed by atoms with E-state index in [0.29, 0.717) is 0 Å². The van der Waals surface area contributed by atoms with Crippen molar-refractivity contribution < 1.29 is 9.90 Å². The van der Waals surface area contributed by atoms with Gasteiger partial charge in [0.2, 0.25) is 0 Å². The van der Waals surface area contributed by atoms with Gasteiger partial charge >= 0.3 is 5.97 Å². The van der Waals surface area contributed by atoms with Gasteiger partial charge in [0.05, 0.1) is 6.42 Å². The number of hydrogen-bond donors (Lipinski definition) is 2. The quantitative estimate of drug-likeness (QED) is 0.614. The number of nitrogens with two attached hydrogens (primary N) is 1. The fourth-order valence-corrected chi connectivity index (χ4v) is 2.50. The van der Waals surface area contributed by atoms with Gasteiger partial charge in [0.15, 0.2) is 0 Å². The van der Waals surface area contributed by atoms with Crippen molar-refractivity contribution >= 4 is 28.6 Å². The van der Waals surface area contributed by atoms with Crippen LogP contribution in [0.4, 0.5) is 0 Å². The average molecular weight is 347 g/mol. The molecular formula is C13H18INO2. The minimum Gasteiger partial charge on any atom is -0.481 e. The summed E-state index contributed by atoms with van der Waals surface area (Å²) in [4.78, 5) is 10.6. The van der Waals surface area contributed by atoms with Crippen LogP contribution in [0.15, 0.2) is 24.3 Å². The fraction of sp³-hybridized carbons (Fsp3) is 0.462. The smallest absolute Gasteiger partial charge is 0.304 e. The van der Waals surface area contributed by atoms with Gasteiger partial charge in [0, 0.05) is 9.97 Å². The summed E-state index contributed by atoms with van der Waals surface area (Å²) in [5.74, 6) is -0.732. The molecule has 0 aliphatic heterocycles. The Morgan fingerprint density at radius 1 is 1.47 bits per heavy atom. The Morgan fingerprint density at radius 3 is 2.71 bits per heavy atom. The normalized spacial score (nSPS) is 14.3. The van der Waals surface area contributed by atoms with Crippen LogP contribution in [0.2, 0.25) is 0 Å². The molecule has 0 saturated carbocycles. The Morgan fingerprint density at radius 2 is 2.12 bits per heavy atom. The summed E-state index contributed by atoms with van der Waals surface area (Å²) >= 11 is 2.20. The first-order valence-corrected chi connectivity index (χ1v) is 6.94. The van der Waals surface area contributed by atoms with Gasteiger partial charge < -0.3 is 10.8 Å². The number of halogens is 1. The van der Waals surface area contributed by atoms with Crippen LogP contribution in [0.3, 0.4) is 0 Å². The summed E-state index contributed by atoms with van der Waals surface area (Å²) in [5.41, 5.74) is 8.30. The Bertz CT molecular complexity index is 379. The molecule has 3 N–H and O–H groups in total. The number of benzene rings is 1. The standard InChI is InChI=1S/C13H18INO2/c1-9(15)12-5-3-2-4-10(12)6-7-11(14)8-13(16)17/h2-5,9,11H,6-8,15H2,1H3,(H,16,17). The van der Waals surface area contributed by atoms with Gasteiger partial charge in [-0.25, -0.2) is 0 Å². The predicted molar refractivity (Wildman–Crippen MR) is 77.4 cm³/mol. The maximum Gasteiger partial charge on any atom is 0.304 e. The third kappa shape index (κ3) is 5.04. The van der Waals surface area contributed by atoms with Gasteiger partial charge in [-0.05, 0) is 30.9 Å². The average Bonchev–Trinajstić information content (AvgIpc) is 2.25. The van der Waals surface area contributed by atoms with Crippen molar-refractivity contribution in [2.45, 2.75) is 36.2 Å². The molecular weight excluding hydrogens is 329 g/mol. The van der Waals surface area contributed by atoms with Crippen molar-refractivity contribution in [3.63, 3.8) is 0 Å². The van der Waals surface area contributed by atoms with E-state index in [0.717, 1.165) is 18.4 Å². The second kappa shape index (κ2) is 6.96. The zero-order valence-electron chi connectivity index (χ0n) is 9.90. The highest BCUT2D eigenvalue weighted by molar-refractivity contribution is 14.1. The minimum atomic E-state index is -0.732. The van der Waals surface area contributed by atoms with E-state index in [2.05, 4.69) is 28.7 Å². The number of carboxylic acid groups (broad SMARTS) is 1. The maximum atomic E-state index is 10.6. The first kappa shape index (κ1) is 14.4. The van der Waals surface area contributed by atoms with Crippen LogP contribution in [-0.2, 0) is 11.2 Å². The molecule has 94 valence electrons. The third-order valence-electron chi connectivity index (χ3n) is 2.67. The van der Waals surface area contributed by atoms with Crippen LogP contribution in [0.1, 0.15) is 36.9 Å². The summed E-state index contributed by atoms with van der Waals surface area (Å²) in [6, 6.07) is 8.13. The van der Waals surface area contributed by atoms with E-state index in [1.54, 1.807) is 0 Å². The third-order valence-corrected chi connectivity index (χ3v) is 3.73. The number of carboxylic acids is 1. The van der Waals surface area contributed by atoms with E-state index in [-0.39, 0.29) is 16.4 Å². The summed E-state index contributed by atoms with van der Waals surface area (Å²) in [7, 11) is 0. The van der Waals surface area contributed by atoms with Gasteiger partial charge in [-0.15, -0.1) is 0 Å². The number of aryl methyl sites for hydroxylation is 1. The largest absolute Gasteiger partial charge is 0.481 e. The Balaban J connectivity index is 2.60. The molecule has 0 saturated heterocycles. The van der Waals surface area contributed by atoms with Crippen LogP contribution in [-0.4, -0.2) is 15.0 Å².